The summed E-state index contributed by atoms with van der Waals surface area (Å²) < 4.78 is 0. The molecular formula is C22H24ClN5O. The van der Waals surface area contributed by atoms with Crippen LogP contribution in [0.3, 0.4) is 0 Å². The molecule has 0 aliphatic carbocycles. The zero-order valence-corrected chi connectivity index (χ0v) is 17.2. The number of aromatic amines is 1. The van der Waals surface area contributed by atoms with Crippen LogP contribution in [0.2, 0.25) is 5.02 Å². The lowest BCUT2D eigenvalue weighted by Crippen LogP contribution is -2.27. The van der Waals surface area contributed by atoms with Gasteiger partial charge in [0.25, 0.3) is 5.56 Å². The van der Waals surface area contributed by atoms with Crippen molar-refractivity contribution in [1.29, 1.82) is 0 Å². The highest BCUT2D eigenvalue weighted by Crippen LogP contribution is 2.17. The summed E-state index contributed by atoms with van der Waals surface area (Å²) in [7, 11) is 1.93. The molecule has 0 radical (unpaired) electrons. The summed E-state index contributed by atoms with van der Waals surface area (Å²) in [6, 6.07) is 11.9. The van der Waals surface area contributed by atoms with Crippen LogP contribution in [0, 0.1) is 0 Å². The molecule has 1 aliphatic rings. The van der Waals surface area contributed by atoms with Crippen molar-refractivity contribution in [2.24, 2.45) is 0 Å². The Labute approximate surface area is 175 Å². The number of anilines is 1. The van der Waals surface area contributed by atoms with Crippen LogP contribution in [0.15, 0.2) is 53.6 Å². The highest BCUT2D eigenvalue weighted by Gasteiger charge is 2.20. The normalized spacial score (nSPS) is 14.3. The van der Waals surface area contributed by atoms with Crippen LogP contribution in [0.25, 0.3) is 0 Å². The minimum absolute atomic E-state index is 0.0311. The first kappa shape index (κ1) is 19.6. The smallest absolute Gasteiger partial charge is 0.255 e. The number of rotatable bonds is 5. The molecule has 0 atom stereocenters. The summed E-state index contributed by atoms with van der Waals surface area (Å²) in [6.07, 6.45) is 5.05. The molecule has 6 nitrogen and oxygen atoms in total. The molecular weight excluding hydrogens is 386 g/mol. The van der Waals surface area contributed by atoms with Crippen LogP contribution < -0.4 is 10.5 Å². The van der Waals surface area contributed by atoms with Crippen molar-refractivity contribution in [3.8, 4) is 0 Å². The summed E-state index contributed by atoms with van der Waals surface area (Å²) >= 11 is 5.98. The second-order valence-electron chi connectivity index (χ2n) is 7.43. The zero-order chi connectivity index (χ0) is 20.2. The van der Waals surface area contributed by atoms with E-state index in [1.165, 1.54) is 5.56 Å². The molecule has 150 valence electrons. The fourth-order valence-electron chi connectivity index (χ4n) is 3.67. The lowest BCUT2D eigenvalue weighted by molar-refractivity contribution is 0.279. The van der Waals surface area contributed by atoms with Crippen molar-refractivity contribution >= 4 is 17.5 Å². The Hall–Kier alpha value is -2.70. The molecule has 0 spiro atoms. The third-order valence-electron chi connectivity index (χ3n) is 5.26. The van der Waals surface area contributed by atoms with Crippen LogP contribution in [0.5, 0.6) is 0 Å². The van der Waals surface area contributed by atoms with E-state index in [0.717, 1.165) is 47.9 Å². The molecule has 1 aromatic carbocycles. The lowest BCUT2D eigenvalue weighted by Gasteiger charge is -2.19. The van der Waals surface area contributed by atoms with Gasteiger partial charge in [0.15, 0.2) is 0 Å². The van der Waals surface area contributed by atoms with E-state index in [0.29, 0.717) is 18.9 Å². The van der Waals surface area contributed by atoms with E-state index in [1.807, 2.05) is 42.4 Å². The minimum Gasteiger partial charge on any atom is -0.341 e. The van der Waals surface area contributed by atoms with E-state index < -0.39 is 0 Å². The second-order valence-corrected chi connectivity index (χ2v) is 7.87. The van der Waals surface area contributed by atoms with Gasteiger partial charge in [-0.3, -0.25) is 19.7 Å². The topological polar surface area (TPSA) is 65.1 Å². The molecule has 0 amide bonds. The van der Waals surface area contributed by atoms with Crippen LogP contribution in [-0.2, 0) is 25.9 Å². The molecule has 3 aromatic rings. The van der Waals surface area contributed by atoms with E-state index >= 15 is 0 Å². The van der Waals surface area contributed by atoms with Gasteiger partial charge in [-0.25, -0.2) is 4.98 Å². The van der Waals surface area contributed by atoms with Crippen LogP contribution in [0.4, 0.5) is 5.95 Å². The molecule has 7 heteroatoms. The van der Waals surface area contributed by atoms with Crippen molar-refractivity contribution in [1.82, 2.24) is 19.9 Å². The number of hydrogen-bond acceptors (Lipinski definition) is 5. The van der Waals surface area contributed by atoms with Crippen molar-refractivity contribution in [3.05, 3.63) is 86.6 Å². The van der Waals surface area contributed by atoms with Gasteiger partial charge in [-0.2, -0.15) is 0 Å². The Morgan fingerprint density at radius 2 is 1.93 bits per heavy atom. The minimum atomic E-state index is -0.0311. The summed E-state index contributed by atoms with van der Waals surface area (Å²) in [5.74, 6) is 0.601. The first-order chi connectivity index (χ1) is 14.1. The monoisotopic (exact) mass is 409 g/mol. The highest BCUT2D eigenvalue weighted by molar-refractivity contribution is 6.30. The van der Waals surface area contributed by atoms with Gasteiger partial charge in [0.2, 0.25) is 5.95 Å². The average Bonchev–Trinajstić information content (AvgIpc) is 2.93. The van der Waals surface area contributed by atoms with E-state index in [4.69, 9.17) is 16.6 Å². The number of aromatic nitrogens is 3. The number of benzene rings is 1. The Kier molecular flexibility index (Phi) is 5.92. The number of nitrogens with one attached hydrogen (secondary N) is 1. The SMILES string of the molecule is CN(Cc1cccnc1)c1nc2c(c(=O)[nH]1)CCN(Cc1ccc(Cl)cc1)CC2. The predicted octanol–water partition coefficient (Wildman–Crippen LogP) is 3.06. The zero-order valence-electron chi connectivity index (χ0n) is 16.4. The Morgan fingerprint density at radius 3 is 2.69 bits per heavy atom. The molecule has 0 unspecified atom stereocenters. The molecule has 29 heavy (non-hydrogen) atoms. The van der Waals surface area contributed by atoms with Crippen LogP contribution >= 0.6 is 11.6 Å². The predicted molar refractivity (Wildman–Crippen MR) is 115 cm³/mol. The maximum Gasteiger partial charge on any atom is 0.255 e. The number of pyridine rings is 1. The lowest BCUT2D eigenvalue weighted by atomic mass is 10.1. The third-order valence-corrected chi connectivity index (χ3v) is 5.51. The van der Waals surface area contributed by atoms with Gasteiger partial charge in [0.05, 0.1) is 5.69 Å². The van der Waals surface area contributed by atoms with Crippen molar-refractivity contribution < 1.29 is 0 Å². The van der Waals surface area contributed by atoms with Crippen molar-refractivity contribution in [2.45, 2.75) is 25.9 Å². The first-order valence-electron chi connectivity index (χ1n) is 9.77. The quantitative estimate of drug-likeness (QED) is 0.701. The van der Waals surface area contributed by atoms with E-state index in [2.05, 4.69) is 27.0 Å². The Balaban J connectivity index is 1.48. The summed E-state index contributed by atoms with van der Waals surface area (Å²) in [5.41, 5.74) is 3.97. The molecule has 1 N–H and O–H groups in total. The van der Waals surface area contributed by atoms with Gasteiger partial charge in [0.1, 0.15) is 0 Å². The molecule has 0 fully saturated rings. The Bertz CT molecular complexity index is 1020. The number of hydrogen-bond donors (Lipinski definition) is 1. The Morgan fingerprint density at radius 1 is 1.14 bits per heavy atom. The maximum absolute atomic E-state index is 12.7. The van der Waals surface area contributed by atoms with Crippen LogP contribution in [-0.4, -0.2) is 40.0 Å². The molecule has 0 bridgehead atoms. The summed E-state index contributed by atoms with van der Waals surface area (Å²) in [6.45, 7) is 3.19. The van der Waals surface area contributed by atoms with Gasteiger partial charge < -0.3 is 4.90 Å². The van der Waals surface area contributed by atoms with E-state index in [1.54, 1.807) is 6.20 Å². The molecule has 0 saturated heterocycles. The molecule has 3 heterocycles. The fraction of sp³-hybridized carbons (Fsp3) is 0.318. The molecule has 4 rings (SSSR count). The van der Waals surface area contributed by atoms with Crippen LogP contribution in [0.1, 0.15) is 22.4 Å². The number of fused-ring (bicyclic) bond motifs is 1. The number of nitrogens with zero attached hydrogens (tertiary/aromatic N) is 4. The second kappa shape index (κ2) is 8.76. The largest absolute Gasteiger partial charge is 0.341 e. The molecule has 1 aliphatic heterocycles. The highest BCUT2D eigenvalue weighted by atomic mass is 35.5. The standard InChI is InChI=1S/C22H24ClN5O/c1-27(14-17-3-2-10-24-13-17)22-25-20-9-12-28(11-8-19(20)21(29)26-22)15-16-4-6-18(23)7-5-16/h2-7,10,13H,8-9,11-12,14-15H2,1H3,(H,25,26,29). The average molecular weight is 410 g/mol. The van der Waals surface area contributed by atoms with Gasteiger partial charge >= 0.3 is 0 Å². The summed E-state index contributed by atoms with van der Waals surface area (Å²) in [4.78, 5) is 28.9. The van der Waals surface area contributed by atoms with Crippen molar-refractivity contribution in [2.75, 3.05) is 25.0 Å². The van der Waals surface area contributed by atoms with E-state index in [9.17, 15) is 4.79 Å². The van der Waals surface area contributed by atoms with Gasteiger partial charge in [0, 0.05) is 62.6 Å². The fourth-order valence-corrected chi connectivity index (χ4v) is 3.79. The number of H-pyrrole nitrogens is 1. The number of halogens is 1. The third kappa shape index (κ3) is 4.83. The van der Waals surface area contributed by atoms with E-state index in [-0.39, 0.29) is 5.56 Å². The van der Waals surface area contributed by atoms with Crippen molar-refractivity contribution in [3.63, 3.8) is 0 Å². The van der Waals surface area contributed by atoms with Gasteiger partial charge in [-0.1, -0.05) is 29.8 Å². The molecule has 2 aromatic heterocycles. The van der Waals surface area contributed by atoms with Gasteiger partial charge in [-0.05, 0) is 35.7 Å². The first-order valence-corrected chi connectivity index (χ1v) is 10.2. The van der Waals surface area contributed by atoms with Gasteiger partial charge in [-0.15, -0.1) is 0 Å². The maximum atomic E-state index is 12.7. The molecule has 0 saturated carbocycles. The summed E-state index contributed by atoms with van der Waals surface area (Å²) in [5, 5.41) is 0.746.